The normalized spacial score (nSPS) is 11.1. The van der Waals surface area contributed by atoms with Gasteiger partial charge >= 0.3 is 0 Å². The molecule has 0 aliphatic rings. The van der Waals surface area contributed by atoms with Gasteiger partial charge in [0.1, 0.15) is 5.82 Å². The second kappa shape index (κ2) is 7.96. The van der Waals surface area contributed by atoms with Gasteiger partial charge in [0.05, 0.1) is 0 Å². The first-order valence-electron chi connectivity index (χ1n) is 9.75. The van der Waals surface area contributed by atoms with Crippen LogP contribution in [0.1, 0.15) is 32.7 Å². The second-order valence-electron chi connectivity index (χ2n) is 7.57. The van der Waals surface area contributed by atoms with Gasteiger partial charge in [0.25, 0.3) is 5.91 Å². The van der Waals surface area contributed by atoms with E-state index in [0.717, 1.165) is 33.3 Å². The molecule has 1 aromatic heterocycles. The molecule has 3 aromatic carbocycles. The molecule has 0 atom stereocenters. The van der Waals surface area contributed by atoms with E-state index in [-0.39, 0.29) is 11.7 Å². The zero-order valence-corrected chi connectivity index (χ0v) is 17.8. The summed E-state index contributed by atoms with van der Waals surface area (Å²) in [5.74, 6) is -0.416. The third-order valence-corrected chi connectivity index (χ3v) is 5.84. The largest absolute Gasteiger partial charge is 0.340 e. The fourth-order valence-electron chi connectivity index (χ4n) is 3.69. The van der Waals surface area contributed by atoms with Crippen molar-refractivity contribution in [1.29, 1.82) is 0 Å². The van der Waals surface area contributed by atoms with E-state index in [1.807, 2.05) is 31.2 Å². The number of nitrogens with one attached hydrogen (secondary N) is 1. The maximum atomic E-state index is 13.2. The van der Waals surface area contributed by atoms with Gasteiger partial charge in [-0.3, -0.25) is 4.79 Å². The zero-order valence-electron chi connectivity index (χ0n) is 17.1. The standard InChI is InChI=1S/C25H22ClFN2O/c1-15-4-8-20(26)13-23(15)28-25(30)19-7-11-24-22(12-19)16(2)17(3)29(24)14-18-5-9-21(27)10-6-18/h4-13H,14H2,1-3H3,(H,28,30). The number of nitrogens with zero attached hydrogens (tertiary/aromatic N) is 1. The van der Waals surface area contributed by atoms with Crippen molar-refractivity contribution < 1.29 is 9.18 Å². The van der Waals surface area contributed by atoms with Crippen molar-refractivity contribution in [2.75, 3.05) is 5.32 Å². The number of fused-ring (bicyclic) bond motifs is 1. The molecule has 0 saturated carbocycles. The van der Waals surface area contributed by atoms with Crippen molar-refractivity contribution in [2.24, 2.45) is 0 Å². The summed E-state index contributed by atoms with van der Waals surface area (Å²) in [7, 11) is 0. The molecule has 5 heteroatoms. The van der Waals surface area contributed by atoms with Gasteiger partial charge in [-0.2, -0.15) is 0 Å². The summed E-state index contributed by atoms with van der Waals surface area (Å²) in [6.07, 6.45) is 0. The van der Waals surface area contributed by atoms with Gasteiger partial charge in [0.2, 0.25) is 0 Å². The second-order valence-corrected chi connectivity index (χ2v) is 8.00. The quantitative estimate of drug-likeness (QED) is 0.393. The van der Waals surface area contributed by atoms with E-state index in [4.69, 9.17) is 11.6 Å². The van der Waals surface area contributed by atoms with E-state index in [9.17, 15) is 9.18 Å². The molecule has 0 bridgehead atoms. The summed E-state index contributed by atoms with van der Waals surface area (Å²) in [6, 6.07) is 17.7. The number of amides is 1. The number of aromatic nitrogens is 1. The molecule has 1 heterocycles. The smallest absolute Gasteiger partial charge is 0.255 e. The maximum Gasteiger partial charge on any atom is 0.255 e. The monoisotopic (exact) mass is 420 g/mol. The van der Waals surface area contributed by atoms with Crippen LogP contribution < -0.4 is 5.32 Å². The summed E-state index contributed by atoms with van der Waals surface area (Å²) in [4.78, 5) is 12.9. The Hall–Kier alpha value is -3.11. The maximum absolute atomic E-state index is 13.2. The molecule has 1 amide bonds. The van der Waals surface area contributed by atoms with E-state index in [1.54, 1.807) is 24.3 Å². The Balaban J connectivity index is 1.67. The summed E-state index contributed by atoms with van der Waals surface area (Å²) in [5.41, 5.74) is 6.56. The minimum Gasteiger partial charge on any atom is -0.340 e. The molecule has 0 spiro atoms. The van der Waals surface area contributed by atoms with Crippen LogP contribution in [0.3, 0.4) is 0 Å². The summed E-state index contributed by atoms with van der Waals surface area (Å²) >= 11 is 6.07. The van der Waals surface area contributed by atoms with Crippen LogP contribution in [0.15, 0.2) is 60.7 Å². The number of anilines is 1. The predicted octanol–water partition coefficient (Wildman–Crippen LogP) is 6.66. The Bertz CT molecular complexity index is 1260. The lowest BCUT2D eigenvalue weighted by Gasteiger charge is -2.10. The first kappa shape index (κ1) is 20.2. The van der Waals surface area contributed by atoms with E-state index in [1.165, 1.54) is 12.1 Å². The molecule has 0 radical (unpaired) electrons. The topological polar surface area (TPSA) is 34.0 Å². The number of hydrogen-bond donors (Lipinski definition) is 1. The van der Waals surface area contributed by atoms with Crippen LogP contribution >= 0.6 is 11.6 Å². The summed E-state index contributed by atoms with van der Waals surface area (Å²) < 4.78 is 15.4. The molecule has 0 saturated heterocycles. The Kier molecular flexibility index (Phi) is 5.35. The molecular formula is C25H22ClFN2O. The fourth-order valence-corrected chi connectivity index (χ4v) is 3.86. The molecule has 0 aliphatic heterocycles. The summed E-state index contributed by atoms with van der Waals surface area (Å²) in [5, 5.41) is 4.56. The molecule has 0 unspecified atom stereocenters. The number of carbonyl (C=O) groups is 1. The third kappa shape index (κ3) is 3.83. The van der Waals surface area contributed by atoms with Crippen LogP contribution in [0, 0.1) is 26.6 Å². The molecule has 30 heavy (non-hydrogen) atoms. The van der Waals surface area contributed by atoms with Gasteiger partial charge in [0, 0.05) is 39.4 Å². The first-order valence-corrected chi connectivity index (χ1v) is 10.1. The summed E-state index contributed by atoms with van der Waals surface area (Å²) in [6.45, 7) is 6.69. The van der Waals surface area contributed by atoms with E-state index in [0.29, 0.717) is 22.8 Å². The highest BCUT2D eigenvalue weighted by molar-refractivity contribution is 6.31. The number of benzene rings is 3. The Labute approximate surface area is 180 Å². The minimum absolute atomic E-state index is 0.175. The van der Waals surface area contributed by atoms with Crippen molar-refractivity contribution >= 4 is 34.1 Å². The number of rotatable bonds is 4. The van der Waals surface area contributed by atoms with Crippen LogP contribution in [0.4, 0.5) is 10.1 Å². The number of halogens is 2. The first-order chi connectivity index (χ1) is 14.3. The molecule has 1 N–H and O–H groups in total. The van der Waals surface area contributed by atoms with Crippen molar-refractivity contribution in [2.45, 2.75) is 27.3 Å². The molecular weight excluding hydrogens is 399 g/mol. The number of aryl methyl sites for hydroxylation is 2. The lowest BCUT2D eigenvalue weighted by Crippen LogP contribution is -2.12. The van der Waals surface area contributed by atoms with Crippen molar-refractivity contribution in [3.8, 4) is 0 Å². The number of hydrogen-bond acceptors (Lipinski definition) is 1. The van der Waals surface area contributed by atoms with Crippen molar-refractivity contribution in [3.63, 3.8) is 0 Å². The lowest BCUT2D eigenvalue weighted by molar-refractivity contribution is 0.102. The third-order valence-electron chi connectivity index (χ3n) is 5.60. The van der Waals surface area contributed by atoms with Crippen molar-refractivity contribution in [3.05, 3.63) is 99.5 Å². The van der Waals surface area contributed by atoms with Crippen LogP contribution in [0.2, 0.25) is 5.02 Å². The van der Waals surface area contributed by atoms with Gasteiger partial charge in [-0.15, -0.1) is 0 Å². The van der Waals surface area contributed by atoms with Crippen LogP contribution in [-0.2, 0) is 6.54 Å². The van der Waals surface area contributed by atoms with Crippen LogP contribution in [0.25, 0.3) is 10.9 Å². The van der Waals surface area contributed by atoms with Gasteiger partial charge in [0.15, 0.2) is 0 Å². The lowest BCUT2D eigenvalue weighted by atomic mass is 10.1. The average Bonchev–Trinajstić information content (AvgIpc) is 2.96. The molecule has 3 nitrogen and oxygen atoms in total. The van der Waals surface area contributed by atoms with Crippen LogP contribution in [0.5, 0.6) is 0 Å². The fraction of sp³-hybridized carbons (Fsp3) is 0.160. The zero-order chi connectivity index (χ0) is 21.4. The number of carbonyl (C=O) groups excluding carboxylic acids is 1. The Morgan fingerprint density at radius 3 is 2.47 bits per heavy atom. The molecule has 0 aliphatic carbocycles. The molecule has 4 rings (SSSR count). The molecule has 152 valence electrons. The van der Waals surface area contributed by atoms with Crippen molar-refractivity contribution in [1.82, 2.24) is 4.57 Å². The minimum atomic E-state index is -0.241. The van der Waals surface area contributed by atoms with E-state index in [2.05, 4.69) is 23.7 Å². The highest BCUT2D eigenvalue weighted by Crippen LogP contribution is 2.28. The van der Waals surface area contributed by atoms with E-state index >= 15 is 0 Å². The van der Waals surface area contributed by atoms with Gasteiger partial charge in [-0.05, 0) is 79.9 Å². The highest BCUT2D eigenvalue weighted by atomic mass is 35.5. The Morgan fingerprint density at radius 1 is 1.00 bits per heavy atom. The Morgan fingerprint density at radius 2 is 1.73 bits per heavy atom. The predicted molar refractivity (Wildman–Crippen MR) is 121 cm³/mol. The molecule has 4 aromatic rings. The average molecular weight is 421 g/mol. The van der Waals surface area contributed by atoms with E-state index < -0.39 is 0 Å². The van der Waals surface area contributed by atoms with Gasteiger partial charge in [-0.1, -0.05) is 29.8 Å². The SMILES string of the molecule is Cc1ccc(Cl)cc1NC(=O)c1ccc2c(c1)c(C)c(C)n2Cc1ccc(F)cc1. The highest BCUT2D eigenvalue weighted by Gasteiger charge is 2.15. The van der Waals surface area contributed by atoms with Crippen LogP contribution in [-0.4, -0.2) is 10.5 Å². The van der Waals surface area contributed by atoms with Gasteiger partial charge in [-0.25, -0.2) is 4.39 Å². The molecule has 0 fully saturated rings. The van der Waals surface area contributed by atoms with Gasteiger partial charge < -0.3 is 9.88 Å².